The highest BCUT2D eigenvalue weighted by atomic mass is 16.5. The lowest BCUT2D eigenvalue weighted by molar-refractivity contribution is -0.127. The number of para-hydroxylation sites is 1. The van der Waals surface area contributed by atoms with Gasteiger partial charge in [-0.15, -0.1) is 0 Å². The maximum absolute atomic E-state index is 12.1. The van der Waals surface area contributed by atoms with Crippen LogP contribution in [0.15, 0.2) is 24.3 Å². The van der Waals surface area contributed by atoms with Gasteiger partial charge in [0.2, 0.25) is 11.8 Å². The zero-order chi connectivity index (χ0) is 16.8. The van der Waals surface area contributed by atoms with Gasteiger partial charge in [-0.05, 0) is 37.8 Å². The molecule has 0 heterocycles. The Balaban J connectivity index is 1.73. The van der Waals surface area contributed by atoms with Gasteiger partial charge in [-0.3, -0.25) is 9.59 Å². The summed E-state index contributed by atoms with van der Waals surface area (Å²) in [6.07, 6.45) is 2.27. The third-order valence-corrected chi connectivity index (χ3v) is 4.35. The van der Waals surface area contributed by atoms with Crippen molar-refractivity contribution in [2.75, 3.05) is 13.7 Å². The van der Waals surface area contributed by atoms with Crippen LogP contribution in [0.1, 0.15) is 32.3 Å². The van der Waals surface area contributed by atoms with E-state index >= 15 is 0 Å². The molecule has 2 rings (SSSR count). The maximum atomic E-state index is 12.1. The summed E-state index contributed by atoms with van der Waals surface area (Å²) in [5.74, 6) is 0.486. The van der Waals surface area contributed by atoms with Gasteiger partial charge < -0.3 is 15.4 Å². The molecule has 0 bridgehead atoms. The van der Waals surface area contributed by atoms with Crippen molar-refractivity contribution in [1.82, 2.24) is 10.6 Å². The highest BCUT2D eigenvalue weighted by Gasteiger charge is 2.47. The van der Waals surface area contributed by atoms with E-state index in [1.165, 1.54) is 0 Å². The van der Waals surface area contributed by atoms with Gasteiger partial charge in [0.05, 0.1) is 18.9 Å². The molecule has 1 aliphatic carbocycles. The molecule has 0 saturated heterocycles. The van der Waals surface area contributed by atoms with E-state index in [-0.39, 0.29) is 29.7 Å². The molecule has 0 aliphatic heterocycles. The number of ether oxygens (including phenoxy) is 1. The summed E-state index contributed by atoms with van der Waals surface area (Å²) in [5.41, 5.74) is 1.07. The SMILES string of the molecule is CCC(C)NC(=O)C1CC1C(=O)NCCc1ccccc1OC. The van der Waals surface area contributed by atoms with Crippen LogP contribution < -0.4 is 15.4 Å². The number of benzene rings is 1. The zero-order valence-corrected chi connectivity index (χ0v) is 14.1. The number of nitrogens with one attached hydrogen (secondary N) is 2. The Morgan fingerprint density at radius 1 is 1.26 bits per heavy atom. The number of rotatable bonds is 8. The van der Waals surface area contributed by atoms with E-state index in [9.17, 15) is 9.59 Å². The van der Waals surface area contributed by atoms with Crippen LogP contribution in [-0.2, 0) is 16.0 Å². The Kier molecular flexibility index (Phi) is 6.02. The van der Waals surface area contributed by atoms with Crippen LogP contribution in [-0.4, -0.2) is 31.5 Å². The number of amides is 2. The van der Waals surface area contributed by atoms with E-state index in [0.717, 1.165) is 17.7 Å². The standard InChI is InChI=1S/C18H26N2O3/c1-4-12(2)20-18(22)15-11-14(15)17(21)19-10-9-13-7-5-6-8-16(13)23-3/h5-8,12,14-15H,4,9-11H2,1-3H3,(H,19,21)(H,20,22). The second kappa shape index (κ2) is 7.99. The first-order chi connectivity index (χ1) is 11.1. The van der Waals surface area contributed by atoms with E-state index in [1.807, 2.05) is 38.1 Å². The van der Waals surface area contributed by atoms with Gasteiger partial charge in [0.25, 0.3) is 0 Å². The van der Waals surface area contributed by atoms with Crippen LogP contribution in [0.25, 0.3) is 0 Å². The number of hydrogen-bond donors (Lipinski definition) is 2. The van der Waals surface area contributed by atoms with E-state index in [0.29, 0.717) is 19.4 Å². The number of methoxy groups -OCH3 is 1. The Bertz CT molecular complexity index is 559. The topological polar surface area (TPSA) is 67.4 Å². The molecule has 0 spiro atoms. The molecule has 5 nitrogen and oxygen atoms in total. The van der Waals surface area contributed by atoms with Gasteiger partial charge in [-0.1, -0.05) is 25.1 Å². The van der Waals surface area contributed by atoms with Crippen LogP contribution in [0.4, 0.5) is 0 Å². The summed E-state index contributed by atoms with van der Waals surface area (Å²) >= 11 is 0. The molecule has 1 fully saturated rings. The lowest BCUT2D eigenvalue weighted by atomic mass is 10.1. The minimum absolute atomic E-state index is 0.00392. The summed E-state index contributed by atoms with van der Waals surface area (Å²) in [6, 6.07) is 7.94. The summed E-state index contributed by atoms with van der Waals surface area (Å²) in [5, 5.41) is 5.86. The minimum atomic E-state index is -0.170. The second-order valence-electron chi connectivity index (χ2n) is 6.12. The number of hydrogen-bond acceptors (Lipinski definition) is 3. The molecule has 1 aromatic carbocycles. The fourth-order valence-electron chi connectivity index (χ4n) is 2.59. The van der Waals surface area contributed by atoms with E-state index in [1.54, 1.807) is 7.11 Å². The Labute approximate surface area is 137 Å². The molecule has 3 atom stereocenters. The molecule has 0 aromatic heterocycles. The number of carbonyl (C=O) groups is 2. The highest BCUT2D eigenvalue weighted by molar-refractivity contribution is 5.92. The van der Waals surface area contributed by atoms with Crippen molar-refractivity contribution in [3.8, 4) is 5.75 Å². The lowest BCUT2D eigenvalue weighted by Crippen LogP contribution is -2.35. The fourth-order valence-corrected chi connectivity index (χ4v) is 2.59. The smallest absolute Gasteiger partial charge is 0.224 e. The van der Waals surface area contributed by atoms with Crippen LogP contribution in [0.3, 0.4) is 0 Å². The van der Waals surface area contributed by atoms with Crippen LogP contribution in [0.2, 0.25) is 0 Å². The van der Waals surface area contributed by atoms with Gasteiger partial charge in [0.15, 0.2) is 0 Å². The van der Waals surface area contributed by atoms with Crippen molar-refractivity contribution in [2.24, 2.45) is 11.8 Å². The summed E-state index contributed by atoms with van der Waals surface area (Å²) in [4.78, 5) is 24.1. The third-order valence-electron chi connectivity index (χ3n) is 4.35. The van der Waals surface area contributed by atoms with Crippen LogP contribution >= 0.6 is 0 Å². The quantitative estimate of drug-likeness (QED) is 0.769. The molecular weight excluding hydrogens is 292 g/mol. The normalized spacial score (nSPS) is 20.5. The predicted molar refractivity (Wildman–Crippen MR) is 89.2 cm³/mol. The molecular formula is C18H26N2O3. The molecule has 2 N–H and O–H groups in total. The molecule has 3 unspecified atom stereocenters. The summed E-state index contributed by atoms with van der Waals surface area (Å²) < 4.78 is 5.29. The Morgan fingerprint density at radius 3 is 2.65 bits per heavy atom. The minimum Gasteiger partial charge on any atom is -0.496 e. The van der Waals surface area contributed by atoms with Crippen molar-refractivity contribution in [2.45, 2.75) is 39.2 Å². The molecule has 0 radical (unpaired) electrons. The van der Waals surface area contributed by atoms with Crippen molar-refractivity contribution in [3.05, 3.63) is 29.8 Å². The Hall–Kier alpha value is -2.04. The van der Waals surface area contributed by atoms with Crippen LogP contribution in [0, 0.1) is 11.8 Å². The molecule has 2 amide bonds. The monoisotopic (exact) mass is 318 g/mol. The van der Waals surface area contributed by atoms with Crippen molar-refractivity contribution >= 4 is 11.8 Å². The second-order valence-corrected chi connectivity index (χ2v) is 6.12. The molecule has 1 saturated carbocycles. The molecule has 1 aromatic rings. The first-order valence-electron chi connectivity index (χ1n) is 8.26. The van der Waals surface area contributed by atoms with Crippen LogP contribution in [0.5, 0.6) is 5.75 Å². The van der Waals surface area contributed by atoms with E-state index in [2.05, 4.69) is 10.6 Å². The summed E-state index contributed by atoms with van der Waals surface area (Å²) in [6.45, 7) is 4.55. The molecule has 5 heteroatoms. The molecule has 23 heavy (non-hydrogen) atoms. The number of carbonyl (C=O) groups excluding carboxylic acids is 2. The maximum Gasteiger partial charge on any atom is 0.224 e. The highest BCUT2D eigenvalue weighted by Crippen LogP contribution is 2.38. The average molecular weight is 318 g/mol. The van der Waals surface area contributed by atoms with Gasteiger partial charge in [0, 0.05) is 12.6 Å². The summed E-state index contributed by atoms with van der Waals surface area (Å²) in [7, 11) is 1.64. The predicted octanol–water partition coefficient (Wildman–Crippen LogP) is 1.90. The first-order valence-corrected chi connectivity index (χ1v) is 8.26. The van der Waals surface area contributed by atoms with Crippen molar-refractivity contribution in [3.63, 3.8) is 0 Å². The molecule has 126 valence electrons. The lowest BCUT2D eigenvalue weighted by Gasteiger charge is -2.11. The van der Waals surface area contributed by atoms with Gasteiger partial charge in [0.1, 0.15) is 5.75 Å². The average Bonchev–Trinajstić information content (AvgIpc) is 3.36. The van der Waals surface area contributed by atoms with E-state index < -0.39 is 0 Å². The van der Waals surface area contributed by atoms with Gasteiger partial charge in [-0.2, -0.15) is 0 Å². The Morgan fingerprint density at radius 2 is 1.96 bits per heavy atom. The fraction of sp³-hybridized carbons (Fsp3) is 0.556. The van der Waals surface area contributed by atoms with Gasteiger partial charge >= 0.3 is 0 Å². The van der Waals surface area contributed by atoms with E-state index in [4.69, 9.17) is 4.74 Å². The first kappa shape index (κ1) is 17.3. The van der Waals surface area contributed by atoms with Crippen molar-refractivity contribution in [1.29, 1.82) is 0 Å². The largest absolute Gasteiger partial charge is 0.496 e. The van der Waals surface area contributed by atoms with Gasteiger partial charge in [-0.25, -0.2) is 0 Å². The molecule has 1 aliphatic rings. The zero-order valence-electron chi connectivity index (χ0n) is 14.1. The third kappa shape index (κ3) is 4.71. The van der Waals surface area contributed by atoms with Crippen molar-refractivity contribution < 1.29 is 14.3 Å².